The molecule has 0 radical (unpaired) electrons. The van der Waals surface area contributed by atoms with Gasteiger partial charge in [0.1, 0.15) is 5.82 Å². The highest BCUT2D eigenvalue weighted by Gasteiger charge is 2.35. The number of rotatable bonds is 6. The van der Waals surface area contributed by atoms with Crippen molar-refractivity contribution < 1.29 is 17.4 Å². The summed E-state index contributed by atoms with van der Waals surface area (Å²) in [5.74, 6) is 0.556. The van der Waals surface area contributed by atoms with E-state index in [9.17, 15) is 13.2 Å². The molecule has 0 aliphatic carbocycles. The van der Waals surface area contributed by atoms with E-state index in [0.717, 1.165) is 50.4 Å². The summed E-state index contributed by atoms with van der Waals surface area (Å²) in [5, 5.41) is 4.39. The van der Waals surface area contributed by atoms with Crippen LogP contribution in [0.2, 0.25) is 5.02 Å². The van der Waals surface area contributed by atoms with Crippen molar-refractivity contribution in [3.05, 3.63) is 52.5 Å². The fourth-order valence-electron chi connectivity index (χ4n) is 4.33. The first-order valence-electron chi connectivity index (χ1n) is 10.6. The van der Waals surface area contributed by atoms with E-state index in [1.807, 2.05) is 12.1 Å². The van der Waals surface area contributed by atoms with Crippen LogP contribution in [-0.4, -0.2) is 62.6 Å². The number of piperazine rings is 1. The molecule has 2 aromatic carbocycles. The summed E-state index contributed by atoms with van der Waals surface area (Å²) in [6.45, 7) is 4.42. The highest BCUT2D eigenvalue weighted by molar-refractivity contribution is 7.86. The van der Waals surface area contributed by atoms with Gasteiger partial charge in [-0.2, -0.15) is 12.8 Å². The Balaban J connectivity index is 1.23. The van der Waals surface area contributed by atoms with Gasteiger partial charge in [-0.3, -0.25) is 13.9 Å². The summed E-state index contributed by atoms with van der Waals surface area (Å²) in [5.41, 5.74) is 1.86. The van der Waals surface area contributed by atoms with Crippen LogP contribution >= 0.6 is 23.1 Å². The van der Waals surface area contributed by atoms with Crippen molar-refractivity contribution in [3.8, 4) is 0 Å². The lowest BCUT2D eigenvalue weighted by Gasteiger charge is -2.35. The summed E-state index contributed by atoms with van der Waals surface area (Å²) in [6.07, 6.45) is 0.442. The normalized spacial score (nSPS) is 19.2. The van der Waals surface area contributed by atoms with E-state index in [4.69, 9.17) is 15.8 Å². The molecule has 1 atom stereocenters. The number of nitrogens with zero attached hydrogens (tertiary/aromatic N) is 3. The van der Waals surface area contributed by atoms with Crippen molar-refractivity contribution >= 4 is 60.8 Å². The molecule has 1 saturated heterocycles. The van der Waals surface area contributed by atoms with E-state index in [-0.39, 0.29) is 0 Å². The monoisotopic (exact) mass is 506 g/mol. The lowest BCUT2D eigenvalue weighted by Crippen LogP contribution is -2.47. The highest BCUT2D eigenvalue weighted by Crippen LogP contribution is 2.38. The summed E-state index contributed by atoms with van der Waals surface area (Å²) in [7, 11) is -3.78. The van der Waals surface area contributed by atoms with E-state index in [2.05, 4.69) is 31.6 Å². The molecule has 3 heterocycles. The number of hydrogen-bond acceptors (Lipinski definition) is 8. The number of fused-ring (bicyclic) bond motifs is 2. The van der Waals surface area contributed by atoms with Crippen LogP contribution in [0.15, 0.2) is 36.4 Å². The standard InChI is InChI=1S/C22H23ClN4O4S2/c1-33(29,30)31-20-16-12-14(17(23)13-18(16)24-22(20)28)6-7-26-8-10-27(11-9-26)21-15-4-2-3-5-19(15)32-25-21/h2-5,12-13,20H,6-11H2,1H3,(H,24,28). The Kier molecular flexibility index (Phi) is 6.04. The van der Waals surface area contributed by atoms with Crippen LogP contribution in [0.25, 0.3) is 10.1 Å². The third kappa shape index (κ3) is 4.71. The molecular weight excluding hydrogens is 484 g/mol. The second-order valence-corrected chi connectivity index (χ2v) is 11.1. The summed E-state index contributed by atoms with van der Waals surface area (Å²) in [4.78, 5) is 16.9. The minimum atomic E-state index is -3.78. The molecule has 174 valence electrons. The highest BCUT2D eigenvalue weighted by atomic mass is 35.5. The number of anilines is 2. The van der Waals surface area contributed by atoms with Crippen molar-refractivity contribution in [1.82, 2.24) is 9.27 Å². The molecule has 11 heteroatoms. The van der Waals surface area contributed by atoms with Gasteiger partial charge in [-0.05, 0) is 47.8 Å². The molecule has 1 unspecified atom stereocenters. The molecule has 1 N–H and O–H groups in total. The third-order valence-electron chi connectivity index (χ3n) is 6.00. The van der Waals surface area contributed by atoms with Crippen molar-refractivity contribution in [2.45, 2.75) is 12.5 Å². The van der Waals surface area contributed by atoms with Crippen LogP contribution < -0.4 is 10.2 Å². The second kappa shape index (κ2) is 8.84. The van der Waals surface area contributed by atoms with Gasteiger partial charge in [-0.15, -0.1) is 0 Å². The molecule has 2 aliphatic heterocycles. The Labute approximate surface area is 201 Å². The maximum absolute atomic E-state index is 12.2. The smallest absolute Gasteiger partial charge is 0.265 e. The average molecular weight is 507 g/mol. The molecule has 2 aliphatic rings. The SMILES string of the molecule is CS(=O)(=O)OC1C(=O)Nc2cc(Cl)c(CCN3CCN(c4nsc5ccccc45)CC3)cc21. The first-order chi connectivity index (χ1) is 15.8. The molecule has 1 fully saturated rings. The van der Waals surface area contributed by atoms with Crippen molar-refractivity contribution in [2.24, 2.45) is 0 Å². The fourth-order valence-corrected chi connectivity index (χ4v) is 5.92. The Morgan fingerprint density at radius 2 is 1.97 bits per heavy atom. The lowest BCUT2D eigenvalue weighted by atomic mass is 10.0. The van der Waals surface area contributed by atoms with Gasteiger partial charge in [0, 0.05) is 54.4 Å². The van der Waals surface area contributed by atoms with Crippen LogP contribution in [0.1, 0.15) is 17.2 Å². The maximum Gasteiger partial charge on any atom is 0.265 e. The number of halogens is 1. The first kappa shape index (κ1) is 22.5. The molecular formula is C22H23ClN4O4S2. The van der Waals surface area contributed by atoms with E-state index in [1.165, 1.54) is 21.6 Å². The Morgan fingerprint density at radius 3 is 2.73 bits per heavy atom. The van der Waals surface area contributed by atoms with Crippen LogP contribution in [0.5, 0.6) is 0 Å². The van der Waals surface area contributed by atoms with Gasteiger partial charge < -0.3 is 10.2 Å². The van der Waals surface area contributed by atoms with Crippen molar-refractivity contribution in [3.63, 3.8) is 0 Å². The summed E-state index contributed by atoms with van der Waals surface area (Å²) in [6, 6.07) is 11.8. The van der Waals surface area contributed by atoms with Gasteiger partial charge in [0.25, 0.3) is 16.0 Å². The van der Waals surface area contributed by atoms with Gasteiger partial charge >= 0.3 is 0 Å². The van der Waals surface area contributed by atoms with Gasteiger partial charge in [-0.1, -0.05) is 23.7 Å². The van der Waals surface area contributed by atoms with Crippen molar-refractivity contribution in [1.29, 1.82) is 0 Å². The predicted octanol–water partition coefficient (Wildman–Crippen LogP) is 3.28. The molecule has 0 bridgehead atoms. The van der Waals surface area contributed by atoms with Crippen LogP contribution in [0.4, 0.5) is 11.5 Å². The molecule has 33 heavy (non-hydrogen) atoms. The zero-order chi connectivity index (χ0) is 23.2. The van der Waals surface area contributed by atoms with Gasteiger partial charge in [0.2, 0.25) is 0 Å². The minimum absolute atomic E-state index is 0.492. The quantitative estimate of drug-likeness (QED) is 0.513. The maximum atomic E-state index is 12.2. The summed E-state index contributed by atoms with van der Waals surface area (Å²) < 4.78 is 34.0. The average Bonchev–Trinajstić information content (AvgIpc) is 3.33. The van der Waals surface area contributed by atoms with E-state index < -0.39 is 22.1 Å². The molecule has 1 aromatic heterocycles. The molecule has 1 amide bonds. The lowest BCUT2D eigenvalue weighted by molar-refractivity contribution is -0.122. The Morgan fingerprint density at radius 1 is 1.21 bits per heavy atom. The predicted molar refractivity (Wildman–Crippen MR) is 131 cm³/mol. The fraction of sp³-hybridized carbons (Fsp3) is 0.364. The molecule has 0 spiro atoms. The number of benzene rings is 2. The van der Waals surface area contributed by atoms with Crippen molar-refractivity contribution in [2.75, 3.05) is 49.2 Å². The zero-order valence-corrected chi connectivity index (χ0v) is 20.3. The van der Waals surface area contributed by atoms with Crippen LogP contribution in [0.3, 0.4) is 0 Å². The number of amides is 1. The van der Waals surface area contributed by atoms with Gasteiger partial charge in [0.05, 0.1) is 11.0 Å². The number of carbonyl (C=O) groups excluding carboxylic acids is 1. The number of nitrogens with one attached hydrogen (secondary N) is 1. The molecule has 5 rings (SSSR count). The largest absolute Gasteiger partial charge is 0.353 e. The van der Waals surface area contributed by atoms with Crippen LogP contribution in [0, 0.1) is 0 Å². The van der Waals surface area contributed by atoms with E-state index in [1.54, 1.807) is 12.1 Å². The molecule has 8 nitrogen and oxygen atoms in total. The summed E-state index contributed by atoms with van der Waals surface area (Å²) >= 11 is 7.99. The first-order valence-corrected chi connectivity index (χ1v) is 13.6. The number of carbonyl (C=O) groups is 1. The van der Waals surface area contributed by atoms with Crippen LogP contribution in [-0.2, 0) is 25.5 Å². The van der Waals surface area contributed by atoms with Gasteiger partial charge in [-0.25, -0.2) is 0 Å². The van der Waals surface area contributed by atoms with E-state index in [0.29, 0.717) is 22.7 Å². The molecule has 3 aromatic rings. The Hall–Kier alpha value is -2.24. The number of hydrogen-bond donors (Lipinski definition) is 1. The third-order valence-corrected chi connectivity index (χ3v) is 7.71. The zero-order valence-electron chi connectivity index (χ0n) is 18.0. The van der Waals surface area contributed by atoms with Gasteiger partial charge in [0.15, 0.2) is 6.10 Å². The van der Waals surface area contributed by atoms with E-state index >= 15 is 0 Å². The Bertz CT molecular complexity index is 1320. The minimum Gasteiger partial charge on any atom is -0.353 e. The molecule has 0 saturated carbocycles. The number of aromatic nitrogens is 1. The topological polar surface area (TPSA) is 91.8 Å². The second-order valence-electron chi connectivity index (χ2n) is 8.28.